The van der Waals surface area contributed by atoms with E-state index in [1.54, 1.807) is 19.2 Å². The van der Waals surface area contributed by atoms with Crippen LogP contribution in [0, 0.1) is 13.5 Å². The lowest BCUT2D eigenvalue weighted by molar-refractivity contribution is 0.320. The van der Waals surface area contributed by atoms with Crippen molar-refractivity contribution < 1.29 is 17.9 Å². The Hall–Kier alpha value is -5.33. The molecule has 5 aromatic rings. The van der Waals surface area contributed by atoms with Gasteiger partial charge < -0.3 is 14.4 Å². The van der Waals surface area contributed by atoms with Crippen LogP contribution < -0.4 is 19.1 Å². The number of hydrogen-bond donors (Lipinski definition) is 1. The van der Waals surface area contributed by atoms with Gasteiger partial charge in [-0.2, -0.15) is 0 Å². The van der Waals surface area contributed by atoms with Crippen molar-refractivity contribution in [2.75, 3.05) is 22.0 Å². The SMILES string of the molecule is [C-]#[N+]c1ccc(CN(Cc2ccc(Oc3cccc(OCCc4cccnc4)c3)cc2)c2cccc(NS(=O)(=O)CC)c2C)cc1. The molecule has 0 atom stereocenters. The summed E-state index contributed by atoms with van der Waals surface area (Å²) >= 11 is 0. The van der Waals surface area contributed by atoms with E-state index in [0.29, 0.717) is 42.6 Å². The number of ether oxygens (including phenoxy) is 2. The third kappa shape index (κ3) is 8.87. The number of anilines is 2. The van der Waals surface area contributed by atoms with Crippen LogP contribution in [0.2, 0.25) is 0 Å². The monoisotopic (exact) mass is 632 g/mol. The highest BCUT2D eigenvalue weighted by molar-refractivity contribution is 7.92. The summed E-state index contributed by atoms with van der Waals surface area (Å²) in [6.07, 6.45) is 4.37. The second-order valence-electron chi connectivity index (χ2n) is 10.8. The number of benzene rings is 4. The first-order valence-electron chi connectivity index (χ1n) is 15.0. The Morgan fingerprint density at radius 1 is 0.826 bits per heavy atom. The van der Waals surface area contributed by atoms with Crippen molar-refractivity contribution in [2.24, 2.45) is 0 Å². The number of aromatic nitrogens is 1. The van der Waals surface area contributed by atoms with Crippen LogP contribution >= 0.6 is 0 Å². The molecule has 8 nitrogen and oxygen atoms in total. The molecule has 9 heteroatoms. The minimum absolute atomic E-state index is 0.00824. The Labute approximate surface area is 271 Å². The summed E-state index contributed by atoms with van der Waals surface area (Å²) in [6.45, 7) is 12.5. The smallest absolute Gasteiger partial charge is 0.232 e. The van der Waals surface area contributed by atoms with Crippen molar-refractivity contribution in [2.45, 2.75) is 33.4 Å². The maximum atomic E-state index is 12.4. The molecule has 0 amide bonds. The van der Waals surface area contributed by atoms with Crippen molar-refractivity contribution in [1.82, 2.24) is 4.98 Å². The fourth-order valence-electron chi connectivity index (χ4n) is 4.92. The van der Waals surface area contributed by atoms with Gasteiger partial charge in [0, 0.05) is 43.7 Å². The number of nitrogens with one attached hydrogen (secondary N) is 1. The van der Waals surface area contributed by atoms with Gasteiger partial charge >= 0.3 is 0 Å². The first kappa shape index (κ1) is 32.1. The molecule has 5 rings (SSSR count). The van der Waals surface area contributed by atoms with Crippen molar-refractivity contribution >= 4 is 27.1 Å². The molecule has 4 aromatic carbocycles. The second-order valence-corrected chi connectivity index (χ2v) is 12.8. The number of sulfonamides is 1. The highest BCUT2D eigenvalue weighted by Crippen LogP contribution is 2.31. The van der Waals surface area contributed by atoms with E-state index in [-0.39, 0.29) is 5.75 Å². The van der Waals surface area contributed by atoms with E-state index in [4.69, 9.17) is 16.0 Å². The van der Waals surface area contributed by atoms with Gasteiger partial charge in [0.05, 0.1) is 24.6 Å². The van der Waals surface area contributed by atoms with E-state index in [1.807, 2.05) is 110 Å². The highest BCUT2D eigenvalue weighted by Gasteiger charge is 2.16. The molecule has 0 spiro atoms. The summed E-state index contributed by atoms with van der Waals surface area (Å²) < 4.78 is 39.5. The molecule has 234 valence electrons. The van der Waals surface area contributed by atoms with Crippen molar-refractivity contribution in [3.63, 3.8) is 0 Å². The quantitative estimate of drug-likeness (QED) is 0.124. The zero-order chi connectivity index (χ0) is 32.4. The van der Waals surface area contributed by atoms with Crippen LogP contribution in [-0.4, -0.2) is 25.8 Å². The fraction of sp³-hybridized carbons (Fsp3) is 0.189. The molecule has 1 heterocycles. The maximum absolute atomic E-state index is 12.4. The topological polar surface area (TPSA) is 85.1 Å². The number of hydrogen-bond acceptors (Lipinski definition) is 6. The van der Waals surface area contributed by atoms with Gasteiger partial charge in [0.2, 0.25) is 10.0 Å². The van der Waals surface area contributed by atoms with Gasteiger partial charge in [-0.1, -0.05) is 54.6 Å². The summed E-state index contributed by atoms with van der Waals surface area (Å²) in [5, 5.41) is 0. The number of pyridine rings is 1. The lowest BCUT2D eigenvalue weighted by Gasteiger charge is -2.28. The Bertz CT molecular complexity index is 1890. The predicted octanol–water partition coefficient (Wildman–Crippen LogP) is 8.32. The Balaban J connectivity index is 1.30. The average Bonchev–Trinajstić information content (AvgIpc) is 3.07. The van der Waals surface area contributed by atoms with E-state index in [0.717, 1.165) is 40.1 Å². The zero-order valence-corrected chi connectivity index (χ0v) is 26.7. The van der Waals surface area contributed by atoms with Crippen molar-refractivity contribution in [1.29, 1.82) is 0 Å². The molecule has 0 aliphatic heterocycles. The summed E-state index contributed by atoms with van der Waals surface area (Å²) in [6, 6.07) is 32.6. The van der Waals surface area contributed by atoms with Crippen LogP contribution in [0.15, 0.2) is 116 Å². The van der Waals surface area contributed by atoms with Gasteiger partial charge in [-0.3, -0.25) is 9.71 Å². The van der Waals surface area contributed by atoms with Crippen molar-refractivity contribution in [3.05, 3.63) is 149 Å². The van der Waals surface area contributed by atoms with Gasteiger partial charge in [-0.05, 0) is 78.6 Å². The summed E-state index contributed by atoms with van der Waals surface area (Å²) in [4.78, 5) is 9.85. The van der Waals surface area contributed by atoms with Crippen LogP contribution in [0.5, 0.6) is 17.2 Å². The molecular formula is C37H36N4O4S. The van der Waals surface area contributed by atoms with Crippen molar-refractivity contribution in [3.8, 4) is 17.2 Å². The molecule has 0 aliphatic carbocycles. The molecule has 1 N–H and O–H groups in total. The van der Waals surface area contributed by atoms with E-state index in [2.05, 4.69) is 19.5 Å². The van der Waals surface area contributed by atoms with Gasteiger partial charge in [0.25, 0.3) is 0 Å². The molecule has 0 saturated heterocycles. The van der Waals surface area contributed by atoms with E-state index < -0.39 is 10.0 Å². The molecule has 0 saturated carbocycles. The molecule has 0 fully saturated rings. The number of nitrogens with zero attached hydrogens (tertiary/aromatic N) is 3. The Morgan fingerprint density at radius 2 is 1.52 bits per heavy atom. The minimum Gasteiger partial charge on any atom is -0.493 e. The Kier molecular flexibility index (Phi) is 10.5. The first-order valence-corrected chi connectivity index (χ1v) is 16.7. The zero-order valence-electron chi connectivity index (χ0n) is 25.9. The molecule has 0 aliphatic rings. The standard InChI is InChI=1S/C37H36N4O4S/c1-4-46(42,43)40-36-11-6-12-37(28(36)2)41(26-30-13-17-32(38-3)18-14-30)27-31-15-19-33(20-16-31)45-35-10-5-9-34(24-35)44-23-21-29-8-7-22-39-25-29/h5-20,22,24-25,40H,4,21,23,26-27H2,1-2H3. The number of rotatable bonds is 14. The van der Waals surface area contributed by atoms with E-state index in [1.165, 1.54) is 0 Å². The van der Waals surface area contributed by atoms with Crippen LogP contribution in [0.25, 0.3) is 4.85 Å². The fourth-order valence-corrected chi connectivity index (χ4v) is 5.62. The molecule has 46 heavy (non-hydrogen) atoms. The van der Waals surface area contributed by atoms with Crippen LogP contribution in [0.1, 0.15) is 29.2 Å². The Morgan fingerprint density at radius 3 is 2.20 bits per heavy atom. The molecule has 0 unspecified atom stereocenters. The summed E-state index contributed by atoms with van der Waals surface area (Å²) in [5.74, 6) is 2.10. The molecule has 0 radical (unpaired) electrons. The largest absolute Gasteiger partial charge is 0.493 e. The van der Waals surface area contributed by atoms with Gasteiger partial charge in [0.1, 0.15) is 17.2 Å². The lowest BCUT2D eigenvalue weighted by Crippen LogP contribution is -2.24. The predicted molar refractivity (Wildman–Crippen MR) is 183 cm³/mol. The van der Waals surface area contributed by atoms with E-state index in [9.17, 15) is 8.42 Å². The lowest BCUT2D eigenvalue weighted by atomic mass is 10.1. The first-order chi connectivity index (χ1) is 22.3. The van der Waals surface area contributed by atoms with E-state index >= 15 is 0 Å². The van der Waals surface area contributed by atoms with Gasteiger partial charge in [-0.25, -0.2) is 13.3 Å². The normalized spacial score (nSPS) is 11.0. The second kappa shape index (κ2) is 15.1. The van der Waals surface area contributed by atoms with Gasteiger partial charge in [-0.15, -0.1) is 0 Å². The average molecular weight is 633 g/mol. The van der Waals surface area contributed by atoms with Crippen LogP contribution in [0.4, 0.5) is 17.1 Å². The molecule has 1 aromatic heterocycles. The third-order valence-corrected chi connectivity index (χ3v) is 8.74. The molecular weight excluding hydrogens is 596 g/mol. The van der Waals surface area contributed by atoms with Gasteiger partial charge in [0.15, 0.2) is 5.69 Å². The van der Waals surface area contributed by atoms with Crippen LogP contribution in [0.3, 0.4) is 0 Å². The maximum Gasteiger partial charge on any atom is 0.232 e. The summed E-state index contributed by atoms with van der Waals surface area (Å²) in [5.41, 5.74) is 6.09. The van der Waals surface area contributed by atoms with Crippen LogP contribution in [-0.2, 0) is 29.5 Å². The summed E-state index contributed by atoms with van der Waals surface area (Å²) in [7, 11) is -3.43. The third-order valence-electron chi connectivity index (χ3n) is 7.45. The highest BCUT2D eigenvalue weighted by atomic mass is 32.2. The molecule has 0 bridgehead atoms. The minimum atomic E-state index is -3.43.